The van der Waals surface area contributed by atoms with Crippen LogP contribution in [0, 0.1) is 6.08 Å². The van der Waals surface area contributed by atoms with Gasteiger partial charge >= 0.3 is 24.6 Å². The van der Waals surface area contributed by atoms with Gasteiger partial charge in [-0.05, 0) is 0 Å². The maximum absolute atomic E-state index is 9.31. The first-order chi connectivity index (χ1) is 2.91. The van der Waals surface area contributed by atoms with Crippen LogP contribution in [0.15, 0.2) is 6.08 Å². The molecule has 0 spiro atoms. The topological polar surface area (TPSA) is 0 Å². The number of rotatable bonds is 0. The second-order valence-electron chi connectivity index (χ2n) is 0.577. The first-order valence-corrected chi connectivity index (χ1v) is 2.04. The van der Waals surface area contributed by atoms with Gasteiger partial charge in [0.2, 0.25) is 0 Å². The van der Waals surface area contributed by atoms with Crippen molar-refractivity contribution in [3.63, 3.8) is 0 Å². The Morgan fingerprint density at radius 1 is 1.67 bits per heavy atom. The Labute approximate surface area is 51.1 Å². The number of halogens is 1. The van der Waals surface area contributed by atoms with E-state index in [1.807, 2.05) is 19.9 Å². The Hall–Kier alpha value is 0.410. The molecule has 0 aliphatic rings. The van der Waals surface area contributed by atoms with Gasteiger partial charge in [0.25, 0.3) is 0 Å². The van der Waals surface area contributed by atoms with Crippen molar-refractivity contribution in [1.82, 2.24) is 0 Å². The summed E-state index contributed by atoms with van der Waals surface area (Å²) in [4.78, 5) is 0. The van der Waals surface area contributed by atoms with Gasteiger partial charge in [-0.2, -0.15) is 6.92 Å². The van der Waals surface area contributed by atoms with Crippen LogP contribution in [-0.2, 0) is 21.6 Å². The summed E-state index contributed by atoms with van der Waals surface area (Å²) < 4.78 is 9.31. The minimum atomic E-state index is 1.45. The average Bonchev–Trinajstić information content (AvgIpc) is 1.72. The summed E-state index contributed by atoms with van der Waals surface area (Å²) in [6.07, 6.45) is 4.68. The summed E-state index contributed by atoms with van der Waals surface area (Å²) in [5, 5.41) is 0. The third-order valence-corrected chi connectivity index (χ3v) is 0.289. The Kier molecular flexibility index (Phi) is 29.1. The molecule has 0 aliphatic heterocycles. The van der Waals surface area contributed by atoms with Crippen LogP contribution in [-0.4, -0.2) is 0 Å². The Morgan fingerprint density at radius 3 is 1.83 bits per heavy atom. The van der Waals surface area contributed by atoms with Crippen molar-refractivity contribution in [3.8, 4) is 0 Å². The van der Waals surface area contributed by atoms with Gasteiger partial charge in [0.05, 0.1) is 0 Å². The Balaban J connectivity index is 0. The van der Waals surface area contributed by atoms with Gasteiger partial charge in [-0.3, -0.25) is 6.08 Å². The SMILES string of the molecule is C[C-]=CC.[F][Ag]. The van der Waals surface area contributed by atoms with Crippen molar-refractivity contribution >= 4 is 0 Å². The van der Waals surface area contributed by atoms with Crippen LogP contribution in [0.5, 0.6) is 0 Å². The van der Waals surface area contributed by atoms with E-state index in [1.54, 1.807) is 0 Å². The van der Waals surface area contributed by atoms with Gasteiger partial charge in [0.15, 0.2) is 0 Å². The number of hydrogen-bond acceptors (Lipinski definition) is 0. The maximum atomic E-state index is 9.31. The van der Waals surface area contributed by atoms with Gasteiger partial charge in [-0.25, -0.2) is 0 Å². The summed E-state index contributed by atoms with van der Waals surface area (Å²) in [6.45, 7) is 3.82. The molecule has 42 valence electrons. The van der Waals surface area contributed by atoms with Crippen molar-refractivity contribution in [2.75, 3.05) is 0 Å². The first kappa shape index (κ1) is 9.65. The molecule has 0 N–H and O–H groups in total. The predicted molar refractivity (Wildman–Crippen MR) is 20.3 cm³/mol. The molecule has 0 aromatic rings. The van der Waals surface area contributed by atoms with Crippen molar-refractivity contribution in [1.29, 1.82) is 0 Å². The van der Waals surface area contributed by atoms with Crippen LogP contribution in [0.3, 0.4) is 0 Å². The third-order valence-electron chi connectivity index (χ3n) is 0.289. The van der Waals surface area contributed by atoms with Crippen LogP contribution in [0.1, 0.15) is 13.8 Å². The van der Waals surface area contributed by atoms with Crippen molar-refractivity contribution in [3.05, 3.63) is 12.2 Å². The third kappa shape index (κ3) is 25.8. The van der Waals surface area contributed by atoms with Crippen molar-refractivity contribution in [2.24, 2.45) is 0 Å². The zero-order valence-corrected chi connectivity index (χ0v) is 5.24. The van der Waals surface area contributed by atoms with E-state index in [1.165, 1.54) is 21.6 Å². The van der Waals surface area contributed by atoms with E-state index in [2.05, 4.69) is 6.08 Å². The van der Waals surface area contributed by atoms with Crippen LogP contribution in [0.4, 0.5) is 3.02 Å². The quantitative estimate of drug-likeness (QED) is 0.395. The summed E-state index contributed by atoms with van der Waals surface area (Å²) in [5.41, 5.74) is 0. The van der Waals surface area contributed by atoms with Gasteiger partial charge in [-0.15, -0.1) is 0 Å². The van der Waals surface area contributed by atoms with Gasteiger partial charge in [-0.1, -0.05) is 6.92 Å². The molecule has 6 heavy (non-hydrogen) atoms. The first-order valence-electron chi connectivity index (χ1n) is 1.48. The predicted octanol–water partition coefficient (Wildman–Crippen LogP) is 1.80. The van der Waals surface area contributed by atoms with Crippen LogP contribution < -0.4 is 0 Å². The average molecular weight is 182 g/mol. The van der Waals surface area contributed by atoms with Gasteiger partial charge in [0, 0.05) is 0 Å². The van der Waals surface area contributed by atoms with Crippen LogP contribution in [0.2, 0.25) is 0 Å². The number of allylic oxidation sites excluding steroid dienone is 2. The zero-order chi connectivity index (χ0) is 5.41. The molecule has 0 aromatic heterocycles. The molecule has 2 heteroatoms. The van der Waals surface area contributed by atoms with Crippen LogP contribution in [0.25, 0.3) is 0 Å². The second-order valence-corrected chi connectivity index (χ2v) is 0.577. The van der Waals surface area contributed by atoms with E-state index in [4.69, 9.17) is 0 Å². The summed E-state index contributed by atoms with van der Waals surface area (Å²) in [5.74, 6) is 0. The molecular weight excluding hydrogens is 175 g/mol. The molecule has 0 fully saturated rings. The van der Waals surface area contributed by atoms with Crippen molar-refractivity contribution < 1.29 is 24.6 Å². The van der Waals surface area contributed by atoms with Crippen molar-refractivity contribution in [2.45, 2.75) is 13.8 Å². The van der Waals surface area contributed by atoms with E-state index >= 15 is 0 Å². The molecule has 0 rings (SSSR count). The molecule has 0 nitrogen and oxygen atoms in total. The fourth-order valence-electron chi connectivity index (χ4n) is 0. The molecule has 0 saturated heterocycles. The molecule has 0 heterocycles. The minimum absolute atomic E-state index is 1.45. The molecule has 0 aromatic carbocycles. The Bertz CT molecular complexity index is 22.7. The monoisotopic (exact) mass is 181 g/mol. The molecule has 0 unspecified atom stereocenters. The zero-order valence-electron chi connectivity index (χ0n) is 3.76. The molecule has 0 amide bonds. The number of hydrogen-bond donors (Lipinski definition) is 0. The molecule has 0 aliphatic carbocycles. The molecule has 0 radical (unpaired) electrons. The summed E-state index contributed by atoms with van der Waals surface area (Å²) >= 11 is 1.45. The Morgan fingerprint density at radius 2 is 1.83 bits per heavy atom. The van der Waals surface area contributed by atoms with E-state index in [0.29, 0.717) is 0 Å². The van der Waals surface area contributed by atoms with E-state index in [9.17, 15) is 3.02 Å². The fourth-order valence-corrected chi connectivity index (χ4v) is 0. The van der Waals surface area contributed by atoms with Crippen LogP contribution >= 0.6 is 0 Å². The van der Waals surface area contributed by atoms with E-state index in [0.717, 1.165) is 0 Å². The van der Waals surface area contributed by atoms with Gasteiger partial charge in [0.1, 0.15) is 0 Å². The standard InChI is InChI=1S/C4H7.Ag.FH/c1-3-4-2;;/h3H,1-2H3;;1H/q-1;+1;/p-1. The summed E-state index contributed by atoms with van der Waals surface area (Å²) in [7, 11) is 0. The molecular formula is C4H7AgF-. The second kappa shape index (κ2) is 18.1. The molecule has 0 bridgehead atoms. The molecule has 0 atom stereocenters. The van der Waals surface area contributed by atoms with E-state index < -0.39 is 0 Å². The van der Waals surface area contributed by atoms with Gasteiger partial charge < -0.3 is 6.08 Å². The van der Waals surface area contributed by atoms with E-state index in [-0.39, 0.29) is 0 Å². The summed E-state index contributed by atoms with van der Waals surface area (Å²) in [6, 6.07) is 0. The molecule has 0 saturated carbocycles. The normalized spacial score (nSPS) is 7.50. The fraction of sp³-hybridized carbons (Fsp3) is 0.500.